The number of anilines is 1. The zero-order valence-corrected chi connectivity index (χ0v) is 12.1. The van der Waals surface area contributed by atoms with Crippen molar-refractivity contribution in [2.45, 2.75) is 6.92 Å². The van der Waals surface area contributed by atoms with Crippen LogP contribution in [0.4, 0.5) is 5.69 Å². The minimum absolute atomic E-state index is 0.242. The van der Waals surface area contributed by atoms with Gasteiger partial charge in [0.1, 0.15) is 10.8 Å². The van der Waals surface area contributed by atoms with Gasteiger partial charge < -0.3 is 5.32 Å². The Hall–Kier alpha value is -1.40. The summed E-state index contributed by atoms with van der Waals surface area (Å²) in [6, 6.07) is 3.41. The largest absolute Gasteiger partial charge is 0.319 e. The third-order valence-corrected chi connectivity index (χ3v) is 3.42. The van der Waals surface area contributed by atoms with Crippen molar-refractivity contribution >= 4 is 39.1 Å². The third-order valence-electron chi connectivity index (χ3n) is 2.29. The summed E-state index contributed by atoms with van der Waals surface area (Å²) in [5, 5.41) is 7.20. The van der Waals surface area contributed by atoms with Crippen LogP contribution in [0.25, 0.3) is 0 Å². The Labute approximate surface area is 117 Å². The lowest BCUT2D eigenvalue weighted by atomic mass is 10.3. The number of carbonyl (C=O) groups is 1. The van der Waals surface area contributed by atoms with E-state index in [9.17, 15) is 4.79 Å². The second-order valence-corrected chi connectivity index (χ2v) is 4.96. The molecule has 18 heavy (non-hydrogen) atoms. The van der Waals surface area contributed by atoms with E-state index in [0.29, 0.717) is 21.0 Å². The van der Waals surface area contributed by atoms with Crippen LogP contribution in [0.1, 0.15) is 16.2 Å². The smallest absolute Gasteiger partial charge is 0.273 e. The summed E-state index contributed by atoms with van der Waals surface area (Å²) in [5.74, 6) is -0.242. The molecule has 0 aliphatic rings. The molecule has 1 N–H and O–H groups in total. The van der Waals surface area contributed by atoms with Crippen molar-refractivity contribution in [3.05, 3.63) is 39.3 Å². The summed E-state index contributed by atoms with van der Waals surface area (Å²) in [6.45, 7) is 1.83. The van der Waals surface area contributed by atoms with Gasteiger partial charge in [0.25, 0.3) is 5.91 Å². The van der Waals surface area contributed by atoms with Gasteiger partial charge in [-0.25, -0.2) is 4.98 Å². The summed E-state index contributed by atoms with van der Waals surface area (Å²) in [7, 11) is 1.72. The second-order valence-electron chi connectivity index (χ2n) is 3.75. The quantitative estimate of drug-likeness (QED) is 0.862. The molecule has 0 saturated carbocycles. The van der Waals surface area contributed by atoms with Crippen LogP contribution in [0.15, 0.2) is 22.8 Å². The van der Waals surface area contributed by atoms with Gasteiger partial charge in [-0.2, -0.15) is 5.10 Å². The Morgan fingerprint density at radius 1 is 1.50 bits per heavy atom. The number of carbonyl (C=O) groups excluding carboxylic acids is 1. The highest BCUT2D eigenvalue weighted by atomic mass is 79.9. The number of hydrogen-bond acceptors (Lipinski definition) is 3. The third kappa shape index (κ3) is 2.70. The molecule has 2 rings (SSSR count). The number of amides is 1. The van der Waals surface area contributed by atoms with Crippen LogP contribution in [-0.4, -0.2) is 20.7 Å². The lowest BCUT2D eigenvalue weighted by Crippen LogP contribution is -2.16. The lowest BCUT2D eigenvalue weighted by Gasteiger charge is -2.05. The van der Waals surface area contributed by atoms with Crippen LogP contribution in [0.3, 0.4) is 0 Å². The zero-order valence-electron chi connectivity index (χ0n) is 9.74. The molecule has 0 spiro atoms. The van der Waals surface area contributed by atoms with E-state index in [-0.39, 0.29) is 5.91 Å². The summed E-state index contributed by atoms with van der Waals surface area (Å²) >= 11 is 9.03. The van der Waals surface area contributed by atoms with E-state index >= 15 is 0 Å². The Balaban J connectivity index is 2.21. The number of nitrogens with zero attached hydrogens (tertiary/aromatic N) is 3. The van der Waals surface area contributed by atoms with Crippen LogP contribution >= 0.6 is 27.5 Å². The summed E-state index contributed by atoms with van der Waals surface area (Å²) in [4.78, 5) is 15.9. The first-order valence-corrected chi connectivity index (χ1v) is 6.27. The average molecular weight is 330 g/mol. The van der Waals surface area contributed by atoms with Gasteiger partial charge in [-0.05, 0) is 35.0 Å². The van der Waals surface area contributed by atoms with Crippen molar-refractivity contribution in [3.63, 3.8) is 0 Å². The Kier molecular flexibility index (Phi) is 3.68. The van der Waals surface area contributed by atoms with Gasteiger partial charge in [0, 0.05) is 7.05 Å². The second kappa shape index (κ2) is 5.07. The van der Waals surface area contributed by atoms with Crippen LogP contribution in [0, 0.1) is 6.92 Å². The fraction of sp³-hybridized carbons (Fsp3) is 0.182. The van der Waals surface area contributed by atoms with Crippen LogP contribution in [0.5, 0.6) is 0 Å². The maximum absolute atomic E-state index is 12.0. The summed E-state index contributed by atoms with van der Waals surface area (Å²) < 4.78 is 2.16. The molecule has 0 saturated heterocycles. The molecule has 1 amide bonds. The number of rotatable bonds is 2. The van der Waals surface area contributed by atoms with Crippen molar-refractivity contribution in [3.8, 4) is 0 Å². The molecule has 0 aromatic carbocycles. The molecular formula is C11H10BrClN4O. The van der Waals surface area contributed by atoms with Gasteiger partial charge in [0.15, 0.2) is 0 Å². The molecule has 0 fully saturated rings. The average Bonchev–Trinajstić information content (AvgIpc) is 2.63. The Morgan fingerprint density at radius 3 is 2.78 bits per heavy atom. The Bertz CT molecular complexity index is 611. The molecular weight excluding hydrogens is 320 g/mol. The molecule has 2 aromatic heterocycles. The summed E-state index contributed by atoms with van der Waals surface area (Å²) in [5.41, 5.74) is 1.84. The van der Waals surface area contributed by atoms with Crippen molar-refractivity contribution in [1.29, 1.82) is 0 Å². The number of halogens is 2. The molecule has 94 valence electrons. The van der Waals surface area contributed by atoms with E-state index in [2.05, 4.69) is 31.3 Å². The normalized spacial score (nSPS) is 10.4. The minimum atomic E-state index is -0.242. The molecule has 0 atom stereocenters. The maximum atomic E-state index is 12.0. The van der Waals surface area contributed by atoms with Crippen LogP contribution < -0.4 is 5.32 Å². The molecule has 5 nitrogen and oxygen atoms in total. The number of aromatic nitrogens is 3. The molecule has 7 heteroatoms. The van der Waals surface area contributed by atoms with Gasteiger partial charge in [-0.1, -0.05) is 11.6 Å². The monoisotopic (exact) mass is 328 g/mol. The van der Waals surface area contributed by atoms with E-state index in [1.165, 1.54) is 10.9 Å². The Morgan fingerprint density at radius 2 is 2.22 bits per heavy atom. The topological polar surface area (TPSA) is 59.8 Å². The van der Waals surface area contributed by atoms with Gasteiger partial charge in [0.05, 0.1) is 22.1 Å². The van der Waals surface area contributed by atoms with Crippen LogP contribution in [0.2, 0.25) is 5.15 Å². The maximum Gasteiger partial charge on any atom is 0.273 e. The fourth-order valence-electron chi connectivity index (χ4n) is 1.51. The van der Waals surface area contributed by atoms with Gasteiger partial charge in [-0.3, -0.25) is 9.48 Å². The highest BCUT2D eigenvalue weighted by molar-refractivity contribution is 9.10. The first-order valence-electron chi connectivity index (χ1n) is 5.10. The molecule has 0 bridgehead atoms. The molecule has 0 aliphatic carbocycles. The van der Waals surface area contributed by atoms with Crippen molar-refractivity contribution in [1.82, 2.24) is 14.8 Å². The number of hydrogen-bond donors (Lipinski definition) is 1. The standard InChI is InChI=1S/C11H10BrClN4O/c1-6-3-9(17(2)16-6)11(18)15-7-4-8(12)10(13)14-5-7/h3-5H,1-2H3,(H,15,18). The predicted octanol–water partition coefficient (Wildman–Crippen LogP) is 2.79. The molecule has 0 unspecified atom stereocenters. The van der Waals surface area contributed by atoms with E-state index in [1.54, 1.807) is 19.2 Å². The van der Waals surface area contributed by atoms with E-state index in [0.717, 1.165) is 5.69 Å². The van der Waals surface area contributed by atoms with Gasteiger partial charge in [0.2, 0.25) is 0 Å². The first kappa shape index (κ1) is 13.0. The van der Waals surface area contributed by atoms with E-state index < -0.39 is 0 Å². The number of nitrogens with one attached hydrogen (secondary N) is 1. The first-order chi connectivity index (χ1) is 8.47. The molecule has 0 radical (unpaired) electrons. The molecule has 0 aliphatic heterocycles. The van der Waals surface area contributed by atoms with Gasteiger partial charge >= 0.3 is 0 Å². The molecule has 2 heterocycles. The van der Waals surface area contributed by atoms with Gasteiger partial charge in [-0.15, -0.1) is 0 Å². The minimum Gasteiger partial charge on any atom is -0.319 e. The van der Waals surface area contributed by atoms with Crippen molar-refractivity contribution in [2.75, 3.05) is 5.32 Å². The fourth-order valence-corrected chi connectivity index (χ4v) is 1.96. The highest BCUT2D eigenvalue weighted by Gasteiger charge is 2.12. The highest BCUT2D eigenvalue weighted by Crippen LogP contribution is 2.23. The molecule has 2 aromatic rings. The van der Waals surface area contributed by atoms with Crippen LogP contribution in [-0.2, 0) is 7.05 Å². The lowest BCUT2D eigenvalue weighted by molar-refractivity contribution is 0.101. The zero-order chi connectivity index (χ0) is 13.3. The van der Waals surface area contributed by atoms with Crippen molar-refractivity contribution < 1.29 is 4.79 Å². The van der Waals surface area contributed by atoms with E-state index in [4.69, 9.17) is 11.6 Å². The SMILES string of the molecule is Cc1cc(C(=O)Nc2cnc(Cl)c(Br)c2)n(C)n1. The predicted molar refractivity (Wildman–Crippen MR) is 72.8 cm³/mol. The summed E-state index contributed by atoms with van der Waals surface area (Å²) in [6.07, 6.45) is 1.49. The van der Waals surface area contributed by atoms with Crippen molar-refractivity contribution in [2.24, 2.45) is 7.05 Å². The number of aryl methyl sites for hydroxylation is 2. The number of pyridine rings is 1. The van der Waals surface area contributed by atoms with E-state index in [1.807, 2.05) is 6.92 Å².